The zero-order valence-electron chi connectivity index (χ0n) is 17.8. The first-order valence-electron chi connectivity index (χ1n) is 10.9. The summed E-state index contributed by atoms with van der Waals surface area (Å²) in [5.74, 6) is 0. The van der Waals surface area contributed by atoms with Gasteiger partial charge in [0.25, 0.3) is 0 Å². The first-order chi connectivity index (χ1) is 15.2. The predicted octanol–water partition coefficient (Wildman–Crippen LogP) is 3.87. The summed E-state index contributed by atoms with van der Waals surface area (Å²) in [5.41, 5.74) is 12.8. The number of hydrogen-bond donors (Lipinski definition) is 1. The number of ether oxygens (including phenoxy) is 1. The van der Waals surface area contributed by atoms with Gasteiger partial charge in [0.15, 0.2) is 0 Å². The van der Waals surface area contributed by atoms with Gasteiger partial charge in [-0.1, -0.05) is 31.2 Å². The van der Waals surface area contributed by atoms with Crippen molar-refractivity contribution >= 4 is 11.0 Å². The Hall–Kier alpha value is -3.09. The lowest BCUT2D eigenvalue weighted by atomic mass is 9.77. The molecule has 2 N–H and O–H groups in total. The fourth-order valence-electron chi connectivity index (χ4n) is 4.65. The van der Waals surface area contributed by atoms with Crippen LogP contribution in [0.25, 0.3) is 22.3 Å². The first kappa shape index (κ1) is 19.8. The quantitative estimate of drug-likeness (QED) is 0.465. The Bertz CT molecular complexity index is 1190. The van der Waals surface area contributed by atoms with E-state index in [0.29, 0.717) is 13.3 Å². The van der Waals surface area contributed by atoms with Crippen molar-refractivity contribution < 1.29 is 4.74 Å². The average Bonchev–Trinajstić information content (AvgIpc) is 3.41. The highest BCUT2D eigenvalue weighted by Crippen LogP contribution is 2.39. The molecule has 4 aromatic rings. The van der Waals surface area contributed by atoms with E-state index >= 15 is 0 Å². The van der Waals surface area contributed by atoms with Crippen LogP contribution >= 0.6 is 0 Å². The van der Waals surface area contributed by atoms with Crippen molar-refractivity contribution in [3.8, 4) is 11.3 Å². The van der Waals surface area contributed by atoms with Crippen LogP contribution in [0.3, 0.4) is 0 Å². The van der Waals surface area contributed by atoms with Gasteiger partial charge in [0.1, 0.15) is 18.7 Å². The number of fused-ring (bicyclic) bond motifs is 2. The van der Waals surface area contributed by atoms with Crippen molar-refractivity contribution in [2.75, 3.05) is 13.2 Å². The Labute approximate surface area is 182 Å². The van der Waals surface area contributed by atoms with Crippen molar-refractivity contribution in [2.24, 2.45) is 5.73 Å². The highest BCUT2D eigenvalue weighted by molar-refractivity contribution is 5.91. The van der Waals surface area contributed by atoms with Gasteiger partial charge < -0.3 is 15.0 Å². The van der Waals surface area contributed by atoms with Gasteiger partial charge in [0.2, 0.25) is 0 Å². The van der Waals surface area contributed by atoms with E-state index in [-0.39, 0.29) is 5.41 Å². The minimum Gasteiger partial charge on any atom is -0.361 e. The molecule has 158 valence electrons. The number of aromatic nitrogens is 4. The third-order valence-electron chi connectivity index (χ3n) is 6.29. The van der Waals surface area contributed by atoms with Crippen LogP contribution in [0.4, 0.5) is 0 Å². The molecule has 6 nitrogen and oxygen atoms in total. The van der Waals surface area contributed by atoms with Crippen molar-refractivity contribution in [1.82, 2.24) is 19.5 Å². The molecule has 1 aromatic carbocycles. The van der Waals surface area contributed by atoms with Crippen LogP contribution < -0.4 is 5.73 Å². The third kappa shape index (κ3) is 3.52. The summed E-state index contributed by atoms with van der Waals surface area (Å²) in [6.07, 6.45) is 8.30. The lowest BCUT2D eigenvalue weighted by Crippen LogP contribution is -2.36. The molecule has 3 heterocycles. The summed E-state index contributed by atoms with van der Waals surface area (Å²) in [5, 5.41) is 1.03. The maximum absolute atomic E-state index is 6.35. The minimum atomic E-state index is -0.126. The van der Waals surface area contributed by atoms with E-state index in [0.717, 1.165) is 53.9 Å². The number of nitrogens with two attached hydrogens (primary N) is 1. The predicted molar refractivity (Wildman–Crippen MR) is 122 cm³/mol. The molecule has 5 rings (SSSR count). The Kier molecular flexibility index (Phi) is 5.26. The molecule has 3 aromatic heterocycles. The molecule has 0 saturated heterocycles. The lowest BCUT2D eigenvalue weighted by Gasteiger charge is -2.28. The van der Waals surface area contributed by atoms with Crippen LogP contribution in [0.5, 0.6) is 0 Å². The molecule has 1 aliphatic rings. The van der Waals surface area contributed by atoms with E-state index in [9.17, 15) is 0 Å². The van der Waals surface area contributed by atoms with E-state index in [1.54, 1.807) is 6.33 Å². The molecule has 1 aliphatic carbocycles. The van der Waals surface area contributed by atoms with E-state index in [1.165, 1.54) is 11.1 Å². The molecular weight excluding hydrogens is 386 g/mol. The second-order valence-electron chi connectivity index (χ2n) is 8.31. The molecule has 31 heavy (non-hydrogen) atoms. The van der Waals surface area contributed by atoms with Gasteiger partial charge in [-0.15, -0.1) is 0 Å². The molecule has 0 bridgehead atoms. The van der Waals surface area contributed by atoms with E-state index in [1.807, 2.05) is 23.0 Å². The van der Waals surface area contributed by atoms with Crippen LogP contribution in [0.1, 0.15) is 30.2 Å². The summed E-state index contributed by atoms with van der Waals surface area (Å²) in [6.45, 7) is 3.92. The zero-order chi connectivity index (χ0) is 21.3. The molecule has 1 unspecified atom stereocenters. The minimum absolute atomic E-state index is 0.126. The Morgan fingerprint density at radius 2 is 2.03 bits per heavy atom. The maximum atomic E-state index is 6.35. The molecule has 6 heteroatoms. The van der Waals surface area contributed by atoms with Crippen molar-refractivity contribution in [1.29, 1.82) is 0 Å². The van der Waals surface area contributed by atoms with Gasteiger partial charge in [-0.3, -0.25) is 4.98 Å². The topological polar surface area (TPSA) is 78.9 Å². The number of nitrogens with zero attached hydrogens (tertiary/aromatic N) is 4. The second kappa shape index (κ2) is 8.21. The SMILES string of the molecule is CCCOCn1ccc2c(-c3cccc(C4(CN)Cc5cccnc5C4)c3)ncnc21. The molecule has 0 radical (unpaired) electrons. The molecule has 1 atom stereocenters. The van der Waals surface area contributed by atoms with Crippen molar-refractivity contribution in [2.45, 2.75) is 38.3 Å². The fourth-order valence-corrected chi connectivity index (χ4v) is 4.65. The second-order valence-corrected chi connectivity index (χ2v) is 8.31. The number of pyridine rings is 1. The average molecular weight is 414 g/mol. The van der Waals surface area contributed by atoms with E-state index < -0.39 is 0 Å². The van der Waals surface area contributed by atoms with E-state index in [2.05, 4.69) is 58.3 Å². The summed E-state index contributed by atoms with van der Waals surface area (Å²) in [7, 11) is 0. The van der Waals surface area contributed by atoms with Gasteiger partial charge in [-0.2, -0.15) is 0 Å². The first-order valence-corrected chi connectivity index (χ1v) is 10.9. The van der Waals surface area contributed by atoms with Gasteiger partial charge >= 0.3 is 0 Å². The van der Waals surface area contributed by atoms with Crippen molar-refractivity contribution in [3.05, 3.63) is 78.0 Å². The van der Waals surface area contributed by atoms with Gasteiger partial charge in [0.05, 0.1) is 5.69 Å². The van der Waals surface area contributed by atoms with Gasteiger partial charge in [-0.05, 0) is 42.2 Å². The van der Waals surface area contributed by atoms with Crippen LogP contribution in [0, 0.1) is 0 Å². The van der Waals surface area contributed by atoms with Crippen molar-refractivity contribution in [3.63, 3.8) is 0 Å². The Balaban J connectivity index is 1.52. The molecule has 0 aliphatic heterocycles. The van der Waals surface area contributed by atoms with Crippen LogP contribution in [0.2, 0.25) is 0 Å². The van der Waals surface area contributed by atoms with Gasteiger partial charge in [-0.25, -0.2) is 9.97 Å². The standard InChI is InChI=1S/C25H27N5O/c1-2-11-31-17-30-10-8-21-23(28-16-29-24(21)30)18-5-3-7-20(12-18)25(15-26)13-19-6-4-9-27-22(19)14-25/h3-10,12,16H,2,11,13-15,17,26H2,1H3. The molecule has 0 amide bonds. The Morgan fingerprint density at radius 1 is 1.10 bits per heavy atom. The fraction of sp³-hybridized carbons (Fsp3) is 0.320. The number of benzene rings is 1. The molecular formula is C25H27N5O. The van der Waals surface area contributed by atoms with Crippen LogP contribution in [0.15, 0.2) is 61.2 Å². The molecule has 0 saturated carbocycles. The summed E-state index contributed by atoms with van der Waals surface area (Å²) in [4.78, 5) is 13.7. The summed E-state index contributed by atoms with van der Waals surface area (Å²) in [6, 6.07) is 14.9. The molecule has 0 fully saturated rings. The third-order valence-corrected chi connectivity index (χ3v) is 6.29. The summed E-state index contributed by atoms with van der Waals surface area (Å²) < 4.78 is 7.74. The Morgan fingerprint density at radius 3 is 2.87 bits per heavy atom. The normalized spacial score (nSPS) is 17.9. The smallest absolute Gasteiger partial charge is 0.145 e. The van der Waals surface area contributed by atoms with Crippen LogP contribution in [-0.4, -0.2) is 32.7 Å². The number of rotatable bonds is 7. The van der Waals surface area contributed by atoms with Gasteiger partial charge in [0, 0.05) is 54.0 Å². The number of hydrogen-bond acceptors (Lipinski definition) is 5. The lowest BCUT2D eigenvalue weighted by molar-refractivity contribution is 0.0800. The highest BCUT2D eigenvalue weighted by Gasteiger charge is 2.38. The van der Waals surface area contributed by atoms with Crippen LogP contribution in [-0.2, 0) is 29.7 Å². The monoisotopic (exact) mass is 413 g/mol. The summed E-state index contributed by atoms with van der Waals surface area (Å²) >= 11 is 0. The zero-order valence-corrected chi connectivity index (χ0v) is 17.8. The maximum Gasteiger partial charge on any atom is 0.145 e. The highest BCUT2D eigenvalue weighted by atomic mass is 16.5. The van der Waals surface area contributed by atoms with E-state index in [4.69, 9.17) is 10.5 Å². The largest absolute Gasteiger partial charge is 0.361 e. The molecule has 0 spiro atoms.